The lowest BCUT2D eigenvalue weighted by Crippen LogP contribution is -1.82. The van der Waals surface area contributed by atoms with Gasteiger partial charge in [0.1, 0.15) is 5.52 Å². The van der Waals surface area contributed by atoms with Crippen LogP contribution in [-0.2, 0) is 0 Å². The van der Waals surface area contributed by atoms with Crippen LogP contribution >= 0.6 is 0 Å². The minimum absolute atomic E-state index is 0.277. The standard InChI is InChI=1S/C7H5FN2.C2H6/c8-6-5-9-10-4-2-1-3-7(6)10;1-2/h1-5H;1-2H3. The molecule has 0 N–H and O–H groups in total. The van der Waals surface area contributed by atoms with Gasteiger partial charge in [0, 0.05) is 6.20 Å². The lowest BCUT2D eigenvalue weighted by Gasteiger charge is -1.87. The van der Waals surface area contributed by atoms with E-state index in [0.717, 1.165) is 0 Å². The number of aromatic nitrogens is 2. The monoisotopic (exact) mass is 166 g/mol. The Morgan fingerprint density at radius 2 is 2.08 bits per heavy atom. The molecule has 2 rings (SSSR count). The first-order valence-electron chi connectivity index (χ1n) is 3.96. The second-order valence-electron chi connectivity index (χ2n) is 2.02. The van der Waals surface area contributed by atoms with Gasteiger partial charge in [0.15, 0.2) is 5.82 Å². The SMILES string of the molecule is CC.Fc1cnn2ccccc12. The number of rotatable bonds is 0. The smallest absolute Gasteiger partial charge is 0.168 e. The molecule has 0 aliphatic carbocycles. The van der Waals surface area contributed by atoms with E-state index in [-0.39, 0.29) is 5.82 Å². The van der Waals surface area contributed by atoms with Crippen LogP contribution in [0.4, 0.5) is 4.39 Å². The summed E-state index contributed by atoms with van der Waals surface area (Å²) in [7, 11) is 0. The van der Waals surface area contributed by atoms with Gasteiger partial charge in [-0.2, -0.15) is 5.10 Å². The summed E-state index contributed by atoms with van der Waals surface area (Å²) in [6, 6.07) is 5.27. The Morgan fingerprint density at radius 1 is 1.33 bits per heavy atom. The van der Waals surface area contributed by atoms with Gasteiger partial charge >= 0.3 is 0 Å². The fourth-order valence-electron chi connectivity index (χ4n) is 0.903. The van der Waals surface area contributed by atoms with Crippen molar-refractivity contribution in [2.45, 2.75) is 13.8 Å². The van der Waals surface area contributed by atoms with E-state index in [1.54, 1.807) is 24.4 Å². The molecule has 0 unspecified atom stereocenters. The third-order valence-electron chi connectivity index (χ3n) is 1.38. The van der Waals surface area contributed by atoms with Crippen molar-refractivity contribution in [3.05, 3.63) is 36.4 Å². The van der Waals surface area contributed by atoms with Gasteiger partial charge in [0.25, 0.3) is 0 Å². The molecule has 0 saturated heterocycles. The van der Waals surface area contributed by atoms with Crippen molar-refractivity contribution in [1.29, 1.82) is 0 Å². The van der Waals surface area contributed by atoms with Gasteiger partial charge in [0.05, 0.1) is 6.20 Å². The van der Waals surface area contributed by atoms with Crippen LogP contribution < -0.4 is 0 Å². The third-order valence-corrected chi connectivity index (χ3v) is 1.38. The third kappa shape index (κ3) is 1.44. The van der Waals surface area contributed by atoms with E-state index in [1.165, 1.54) is 10.7 Å². The van der Waals surface area contributed by atoms with Crippen LogP contribution in [0.1, 0.15) is 13.8 Å². The van der Waals surface area contributed by atoms with E-state index in [9.17, 15) is 4.39 Å². The van der Waals surface area contributed by atoms with E-state index in [2.05, 4.69) is 5.10 Å². The molecule has 0 aromatic carbocycles. The highest BCUT2D eigenvalue weighted by atomic mass is 19.1. The summed E-state index contributed by atoms with van der Waals surface area (Å²) in [5, 5.41) is 3.76. The molecule has 3 heteroatoms. The molecule has 0 fully saturated rings. The maximum Gasteiger partial charge on any atom is 0.168 e. The molecule has 0 saturated carbocycles. The Labute approximate surface area is 70.6 Å². The zero-order valence-electron chi connectivity index (χ0n) is 7.16. The van der Waals surface area contributed by atoms with Gasteiger partial charge in [-0.1, -0.05) is 19.9 Å². The molecule has 64 valence electrons. The lowest BCUT2D eigenvalue weighted by molar-refractivity contribution is 0.639. The largest absolute Gasteiger partial charge is 0.238 e. The predicted octanol–water partition coefficient (Wildman–Crippen LogP) is 2.50. The Kier molecular flexibility index (Phi) is 2.80. The number of hydrogen-bond donors (Lipinski definition) is 0. The summed E-state index contributed by atoms with van der Waals surface area (Å²) >= 11 is 0. The van der Waals surface area contributed by atoms with Gasteiger partial charge in [-0.3, -0.25) is 0 Å². The maximum absolute atomic E-state index is 12.7. The average molecular weight is 166 g/mol. The Morgan fingerprint density at radius 3 is 2.75 bits per heavy atom. The van der Waals surface area contributed by atoms with Gasteiger partial charge in [-0.15, -0.1) is 0 Å². The van der Waals surface area contributed by atoms with E-state index in [1.807, 2.05) is 13.8 Å². The van der Waals surface area contributed by atoms with Gasteiger partial charge in [-0.05, 0) is 12.1 Å². The van der Waals surface area contributed by atoms with Crippen LogP contribution in [0.2, 0.25) is 0 Å². The van der Waals surface area contributed by atoms with E-state index < -0.39 is 0 Å². The van der Waals surface area contributed by atoms with Crippen LogP contribution in [0.3, 0.4) is 0 Å². The Bertz CT molecular complexity index is 354. The number of halogens is 1. The number of pyridine rings is 1. The maximum atomic E-state index is 12.7. The van der Waals surface area contributed by atoms with Crippen LogP contribution in [0.25, 0.3) is 5.52 Å². The summed E-state index contributed by atoms with van der Waals surface area (Å²) in [6.07, 6.45) is 2.91. The van der Waals surface area contributed by atoms with Crippen molar-refractivity contribution in [3.8, 4) is 0 Å². The summed E-state index contributed by atoms with van der Waals surface area (Å²) < 4.78 is 14.2. The second kappa shape index (κ2) is 3.85. The fraction of sp³-hybridized carbons (Fsp3) is 0.222. The van der Waals surface area contributed by atoms with Crippen molar-refractivity contribution in [1.82, 2.24) is 9.61 Å². The molecule has 2 aromatic rings. The molecular formula is C9H11FN2. The van der Waals surface area contributed by atoms with Crippen molar-refractivity contribution >= 4 is 5.52 Å². The van der Waals surface area contributed by atoms with E-state index >= 15 is 0 Å². The first kappa shape index (κ1) is 8.71. The highest BCUT2D eigenvalue weighted by molar-refractivity contribution is 5.46. The van der Waals surface area contributed by atoms with Crippen molar-refractivity contribution < 1.29 is 4.39 Å². The summed E-state index contributed by atoms with van der Waals surface area (Å²) in [5.74, 6) is -0.277. The summed E-state index contributed by atoms with van der Waals surface area (Å²) in [4.78, 5) is 0. The molecule has 0 atom stereocenters. The topological polar surface area (TPSA) is 17.3 Å². The molecular weight excluding hydrogens is 155 g/mol. The van der Waals surface area contributed by atoms with Gasteiger partial charge < -0.3 is 0 Å². The molecule has 2 nitrogen and oxygen atoms in total. The molecule has 0 spiro atoms. The predicted molar refractivity (Wildman–Crippen MR) is 46.5 cm³/mol. The summed E-state index contributed by atoms with van der Waals surface area (Å²) in [5.41, 5.74) is 0.516. The van der Waals surface area contributed by atoms with Crippen molar-refractivity contribution in [2.75, 3.05) is 0 Å². The molecule has 2 aromatic heterocycles. The Hall–Kier alpha value is -1.38. The van der Waals surface area contributed by atoms with Crippen LogP contribution in [-0.4, -0.2) is 9.61 Å². The molecule has 0 bridgehead atoms. The quantitative estimate of drug-likeness (QED) is 0.587. The lowest BCUT2D eigenvalue weighted by atomic mass is 10.4. The fourth-order valence-corrected chi connectivity index (χ4v) is 0.903. The van der Waals surface area contributed by atoms with Crippen LogP contribution in [0, 0.1) is 5.82 Å². The molecule has 2 heterocycles. The van der Waals surface area contributed by atoms with E-state index in [4.69, 9.17) is 0 Å². The highest BCUT2D eigenvalue weighted by Crippen LogP contribution is 2.05. The zero-order chi connectivity index (χ0) is 8.97. The molecule has 0 aliphatic heterocycles. The Balaban J connectivity index is 0.000000336. The van der Waals surface area contributed by atoms with E-state index in [0.29, 0.717) is 5.52 Å². The van der Waals surface area contributed by atoms with Crippen LogP contribution in [0.15, 0.2) is 30.6 Å². The van der Waals surface area contributed by atoms with Crippen LogP contribution in [0.5, 0.6) is 0 Å². The van der Waals surface area contributed by atoms with Gasteiger partial charge in [-0.25, -0.2) is 8.91 Å². The molecule has 0 amide bonds. The average Bonchev–Trinajstić information content (AvgIpc) is 2.53. The first-order chi connectivity index (χ1) is 5.88. The molecule has 0 aliphatic rings. The van der Waals surface area contributed by atoms with Crippen molar-refractivity contribution in [2.24, 2.45) is 0 Å². The number of nitrogens with zero attached hydrogens (tertiary/aromatic N) is 2. The summed E-state index contributed by atoms with van der Waals surface area (Å²) in [6.45, 7) is 4.00. The minimum atomic E-state index is -0.277. The first-order valence-corrected chi connectivity index (χ1v) is 3.96. The highest BCUT2D eigenvalue weighted by Gasteiger charge is 1.98. The van der Waals surface area contributed by atoms with Gasteiger partial charge in [0.2, 0.25) is 0 Å². The normalized spacial score (nSPS) is 9.25. The number of hydrogen-bond acceptors (Lipinski definition) is 1. The molecule has 0 radical (unpaired) electrons. The zero-order valence-corrected chi connectivity index (χ0v) is 7.16. The second-order valence-corrected chi connectivity index (χ2v) is 2.02. The molecule has 12 heavy (non-hydrogen) atoms. The minimum Gasteiger partial charge on any atom is -0.238 e. The number of fused-ring (bicyclic) bond motifs is 1. The van der Waals surface area contributed by atoms with Crippen molar-refractivity contribution in [3.63, 3.8) is 0 Å².